The van der Waals surface area contributed by atoms with E-state index in [2.05, 4.69) is 32.7 Å². The van der Waals surface area contributed by atoms with Crippen LogP contribution in [0.2, 0.25) is 0 Å². The molecule has 0 aliphatic carbocycles. The van der Waals surface area contributed by atoms with Crippen molar-refractivity contribution in [2.24, 2.45) is 0 Å². The third-order valence-electron chi connectivity index (χ3n) is 5.91. The molecule has 1 aliphatic rings. The Bertz CT molecular complexity index is 1460. The zero-order valence-corrected chi connectivity index (χ0v) is 20.1. The Kier molecular flexibility index (Phi) is 7.64. The van der Waals surface area contributed by atoms with Gasteiger partial charge in [0.25, 0.3) is 5.91 Å². The predicted octanol–water partition coefficient (Wildman–Crippen LogP) is 2.03. The summed E-state index contributed by atoms with van der Waals surface area (Å²) >= 11 is 0. The number of carbonyl (C=O) groups is 2. The zero-order chi connectivity index (χ0) is 27.4. The smallest absolute Gasteiger partial charge is 0.364 e. The van der Waals surface area contributed by atoms with E-state index >= 15 is 0 Å². The van der Waals surface area contributed by atoms with E-state index in [9.17, 15) is 27.2 Å². The first kappa shape index (κ1) is 26.6. The number of carbonyl (C=O) groups excluding carboxylic acids is 2. The average molecular weight is 530 g/mol. The van der Waals surface area contributed by atoms with Gasteiger partial charge in [0, 0.05) is 24.8 Å². The van der Waals surface area contributed by atoms with E-state index in [1.54, 1.807) is 12.1 Å². The van der Waals surface area contributed by atoms with Gasteiger partial charge in [-0.3, -0.25) is 9.59 Å². The molecule has 0 bridgehead atoms. The second-order valence-corrected chi connectivity index (χ2v) is 8.72. The van der Waals surface area contributed by atoms with Crippen molar-refractivity contribution in [2.45, 2.75) is 31.2 Å². The van der Waals surface area contributed by atoms with Gasteiger partial charge in [0.2, 0.25) is 0 Å². The number of alkyl halides is 4. The molecule has 0 unspecified atom stereocenters. The van der Waals surface area contributed by atoms with Crippen LogP contribution in [0.1, 0.15) is 32.8 Å². The van der Waals surface area contributed by atoms with Gasteiger partial charge in [-0.15, -0.1) is 0 Å². The number of nitriles is 1. The first-order valence-electron chi connectivity index (χ1n) is 11.5. The lowest BCUT2D eigenvalue weighted by Crippen LogP contribution is -2.46. The van der Waals surface area contributed by atoms with Crippen molar-refractivity contribution in [1.29, 1.82) is 5.26 Å². The highest BCUT2D eigenvalue weighted by Gasteiger charge is 2.32. The standard InChI is InChI=1S/C24H22F4N8O2/c1-34-9-7-19(17(25)14-34)32-21-6-2-5-20-16(10-24(26,27)28)18(33-36(20)21)4-3-8-30-23(38)15-12-31-35(13-15)22(37)11-29/h2,5-6,12-13,17,19,32H,7-10,14H2,1H3,(H,30,38)/t17-,19+/m0/s1. The minimum atomic E-state index is -4.53. The van der Waals surface area contributed by atoms with Gasteiger partial charge < -0.3 is 15.5 Å². The van der Waals surface area contributed by atoms with Gasteiger partial charge in [0.05, 0.1) is 36.3 Å². The van der Waals surface area contributed by atoms with E-state index in [0.717, 1.165) is 12.4 Å². The van der Waals surface area contributed by atoms with E-state index in [-0.39, 0.29) is 35.4 Å². The van der Waals surface area contributed by atoms with Crippen LogP contribution in [0.15, 0.2) is 30.6 Å². The maximum absolute atomic E-state index is 14.6. The molecule has 0 aromatic carbocycles. The minimum Gasteiger partial charge on any atom is -0.364 e. The number of amides is 1. The van der Waals surface area contributed by atoms with Crippen molar-refractivity contribution >= 4 is 23.1 Å². The number of piperidine rings is 1. The molecule has 1 amide bonds. The summed E-state index contributed by atoms with van der Waals surface area (Å²) < 4.78 is 56.7. The third kappa shape index (κ3) is 6.10. The number of hydrogen-bond acceptors (Lipinski definition) is 7. The predicted molar refractivity (Wildman–Crippen MR) is 127 cm³/mol. The van der Waals surface area contributed by atoms with E-state index in [1.807, 2.05) is 11.9 Å². The maximum atomic E-state index is 14.6. The molecule has 198 valence electrons. The molecular weight excluding hydrogens is 508 g/mol. The van der Waals surface area contributed by atoms with Crippen molar-refractivity contribution in [3.8, 4) is 17.9 Å². The normalized spacial score (nSPS) is 17.9. The molecule has 10 nitrogen and oxygen atoms in total. The summed E-state index contributed by atoms with van der Waals surface area (Å²) in [5.41, 5.74) is -0.0925. The highest BCUT2D eigenvalue weighted by molar-refractivity contribution is 5.97. The lowest BCUT2D eigenvalue weighted by molar-refractivity contribution is -0.127. The summed E-state index contributed by atoms with van der Waals surface area (Å²) in [6.07, 6.45) is -4.30. The van der Waals surface area contributed by atoms with Crippen LogP contribution in [0.5, 0.6) is 0 Å². The van der Waals surface area contributed by atoms with Gasteiger partial charge in [-0.1, -0.05) is 12.0 Å². The van der Waals surface area contributed by atoms with Gasteiger partial charge in [-0.25, -0.2) is 8.91 Å². The average Bonchev–Trinajstić information content (AvgIpc) is 3.48. The lowest BCUT2D eigenvalue weighted by atomic mass is 10.0. The van der Waals surface area contributed by atoms with Crippen LogP contribution in [-0.4, -0.2) is 81.2 Å². The summed E-state index contributed by atoms with van der Waals surface area (Å²) in [5.74, 6) is 3.89. The van der Waals surface area contributed by atoms with Crippen LogP contribution in [0.4, 0.5) is 23.4 Å². The van der Waals surface area contributed by atoms with Gasteiger partial charge in [-0.2, -0.15) is 33.3 Å². The molecule has 1 aliphatic heterocycles. The highest BCUT2D eigenvalue weighted by atomic mass is 19.4. The largest absolute Gasteiger partial charge is 0.393 e. The molecule has 1 saturated heterocycles. The Morgan fingerprint density at radius 2 is 2.08 bits per heavy atom. The van der Waals surface area contributed by atoms with E-state index in [0.29, 0.717) is 23.5 Å². The van der Waals surface area contributed by atoms with Crippen LogP contribution in [0.3, 0.4) is 0 Å². The first-order chi connectivity index (χ1) is 18.1. The third-order valence-corrected chi connectivity index (χ3v) is 5.91. The maximum Gasteiger partial charge on any atom is 0.393 e. The molecule has 4 heterocycles. The highest BCUT2D eigenvalue weighted by Crippen LogP contribution is 2.28. The molecule has 14 heteroatoms. The fraction of sp³-hybridized carbons (Fsp3) is 0.375. The van der Waals surface area contributed by atoms with Gasteiger partial charge >= 0.3 is 12.1 Å². The fourth-order valence-electron chi connectivity index (χ4n) is 4.07. The molecular formula is C24H22F4N8O2. The Labute approximate surface area is 214 Å². The second-order valence-electron chi connectivity index (χ2n) is 8.72. The van der Waals surface area contributed by atoms with Crippen molar-refractivity contribution in [3.05, 3.63) is 47.4 Å². The number of aromatic nitrogens is 4. The van der Waals surface area contributed by atoms with E-state index in [4.69, 9.17) is 5.26 Å². The molecule has 3 aromatic rings. The monoisotopic (exact) mass is 530 g/mol. The summed E-state index contributed by atoms with van der Waals surface area (Å²) in [4.78, 5) is 25.4. The van der Waals surface area contributed by atoms with Crippen LogP contribution in [-0.2, 0) is 6.42 Å². The molecule has 38 heavy (non-hydrogen) atoms. The van der Waals surface area contributed by atoms with E-state index in [1.165, 1.54) is 16.7 Å². The van der Waals surface area contributed by atoms with Gasteiger partial charge in [0.15, 0.2) is 6.07 Å². The van der Waals surface area contributed by atoms with Crippen molar-refractivity contribution in [3.63, 3.8) is 0 Å². The van der Waals surface area contributed by atoms with Crippen LogP contribution in [0, 0.1) is 23.2 Å². The SMILES string of the molecule is CN1CC[C@@H](Nc2cccc3c(CC(F)(F)F)c(C#CCNC(=O)c4cnn(C(=O)C#N)c4)nn23)[C@@H](F)C1. The molecule has 0 spiro atoms. The number of nitrogens with zero attached hydrogens (tertiary/aromatic N) is 6. The number of nitrogens with one attached hydrogen (secondary N) is 2. The molecule has 1 fully saturated rings. The summed E-state index contributed by atoms with van der Waals surface area (Å²) in [6.45, 7) is 0.675. The number of anilines is 1. The van der Waals surface area contributed by atoms with Crippen LogP contribution < -0.4 is 10.6 Å². The number of halogens is 4. The zero-order valence-electron chi connectivity index (χ0n) is 20.1. The number of rotatable bonds is 5. The topological polar surface area (TPSA) is 120 Å². The Morgan fingerprint density at radius 1 is 1.29 bits per heavy atom. The Morgan fingerprint density at radius 3 is 2.79 bits per heavy atom. The van der Waals surface area contributed by atoms with Crippen molar-refractivity contribution in [1.82, 2.24) is 29.6 Å². The van der Waals surface area contributed by atoms with Crippen molar-refractivity contribution in [2.75, 3.05) is 32.0 Å². The number of hydrogen-bond donors (Lipinski definition) is 2. The van der Waals surface area contributed by atoms with Gasteiger partial charge in [0.1, 0.15) is 17.7 Å². The molecule has 2 atom stereocenters. The molecule has 3 aromatic heterocycles. The summed E-state index contributed by atoms with van der Waals surface area (Å²) in [5, 5.41) is 22.0. The number of fused-ring (bicyclic) bond motifs is 1. The molecule has 4 rings (SSSR count). The first-order valence-corrected chi connectivity index (χ1v) is 11.5. The lowest BCUT2D eigenvalue weighted by Gasteiger charge is -2.33. The van der Waals surface area contributed by atoms with E-state index < -0.39 is 36.6 Å². The molecule has 2 N–H and O–H groups in total. The van der Waals surface area contributed by atoms with Crippen molar-refractivity contribution < 1.29 is 27.2 Å². The molecule has 0 radical (unpaired) electrons. The minimum absolute atomic E-state index is 0.00307. The van der Waals surface area contributed by atoms with Gasteiger partial charge in [-0.05, 0) is 31.5 Å². The van der Waals surface area contributed by atoms with Crippen LogP contribution in [0.25, 0.3) is 5.52 Å². The number of likely N-dealkylation sites (tertiary alicyclic amines) is 1. The second kappa shape index (κ2) is 10.9. The quantitative estimate of drug-likeness (QED) is 0.294. The summed E-state index contributed by atoms with van der Waals surface area (Å²) in [7, 11) is 1.82. The number of pyridine rings is 1. The fourth-order valence-corrected chi connectivity index (χ4v) is 4.07. The van der Waals surface area contributed by atoms with Crippen LogP contribution >= 0.6 is 0 Å². The Balaban J connectivity index is 1.55. The summed E-state index contributed by atoms with van der Waals surface area (Å²) in [6, 6.07) is 5.49. The Hall–Kier alpha value is -4.43. The molecule has 0 saturated carbocycles.